The molecule has 1 fully saturated rings. The van der Waals surface area contributed by atoms with Gasteiger partial charge < -0.3 is 15.2 Å². The average Bonchev–Trinajstić information content (AvgIpc) is 2.56. The summed E-state index contributed by atoms with van der Waals surface area (Å²) < 4.78 is 13.7. The molecule has 1 aromatic carbocycles. The van der Waals surface area contributed by atoms with Crippen LogP contribution in [-0.2, 0) is 0 Å². The summed E-state index contributed by atoms with van der Waals surface area (Å²) in [4.78, 5) is 29.2. The first-order valence-corrected chi connectivity index (χ1v) is 8.46. The summed E-state index contributed by atoms with van der Waals surface area (Å²) in [5, 5.41) is 3.20. The minimum absolute atomic E-state index is 0.110. The lowest BCUT2D eigenvalue weighted by Crippen LogP contribution is -2.44. The highest BCUT2D eigenvalue weighted by atomic mass is 19.1. The number of halogens is 1. The van der Waals surface area contributed by atoms with Crippen molar-refractivity contribution in [1.29, 1.82) is 0 Å². The third-order valence-corrected chi connectivity index (χ3v) is 4.59. The molecule has 0 bridgehead atoms. The molecule has 1 aliphatic heterocycles. The van der Waals surface area contributed by atoms with E-state index in [4.69, 9.17) is 0 Å². The van der Waals surface area contributed by atoms with Crippen LogP contribution in [-0.4, -0.2) is 34.9 Å². The number of rotatable bonds is 3. The Labute approximate surface area is 145 Å². The van der Waals surface area contributed by atoms with Gasteiger partial charge in [-0.1, -0.05) is 12.1 Å². The normalized spacial score (nSPS) is 15.2. The fourth-order valence-corrected chi connectivity index (χ4v) is 3.30. The lowest BCUT2D eigenvalue weighted by molar-refractivity contribution is 0.0716. The van der Waals surface area contributed by atoms with Crippen LogP contribution in [0.5, 0.6) is 0 Å². The van der Waals surface area contributed by atoms with Gasteiger partial charge in [0.2, 0.25) is 0 Å². The lowest BCUT2D eigenvalue weighted by Gasteiger charge is -2.33. The molecule has 3 rings (SSSR count). The number of para-hydroxylation sites is 1. The molecular formula is C19H22FN3O2. The maximum atomic E-state index is 13.7. The van der Waals surface area contributed by atoms with Crippen molar-refractivity contribution in [2.45, 2.75) is 32.7 Å². The molecule has 5 nitrogen and oxygen atoms in total. The van der Waals surface area contributed by atoms with Gasteiger partial charge in [0, 0.05) is 24.8 Å². The summed E-state index contributed by atoms with van der Waals surface area (Å²) in [6, 6.07) is 8.49. The van der Waals surface area contributed by atoms with E-state index in [2.05, 4.69) is 10.3 Å². The Balaban J connectivity index is 1.65. The predicted molar refractivity (Wildman–Crippen MR) is 95.5 cm³/mol. The first-order valence-electron chi connectivity index (χ1n) is 8.46. The maximum absolute atomic E-state index is 13.7. The van der Waals surface area contributed by atoms with E-state index in [1.54, 1.807) is 43.0 Å². The van der Waals surface area contributed by atoms with E-state index in [1.165, 1.54) is 6.07 Å². The molecule has 132 valence electrons. The highest BCUT2D eigenvalue weighted by Crippen LogP contribution is 2.20. The van der Waals surface area contributed by atoms with Gasteiger partial charge in [-0.25, -0.2) is 4.39 Å². The molecule has 0 atom stereocenters. The van der Waals surface area contributed by atoms with Crippen LogP contribution in [0.1, 0.15) is 34.5 Å². The maximum Gasteiger partial charge on any atom is 0.261 e. The number of hydrogen-bond donors (Lipinski definition) is 2. The Morgan fingerprint density at radius 1 is 1.24 bits per heavy atom. The molecule has 2 N–H and O–H groups in total. The number of H-pyrrole nitrogens is 1. The molecule has 1 aliphatic rings. The third-order valence-electron chi connectivity index (χ3n) is 4.59. The number of amides is 1. The zero-order valence-corrected chi connectivity index (χ0v) is 14.4. The van der Waals surface area contributed by atoms with E-state index in [1.807, 2.05) is 0 Å². The first kappa shape index (κ1) is 17.2. The molecule has 0 unspecified atom stereocenters. The topological polar surface area (TPSA) is 65.2 Å². The number of carbonyl (C=O) groups is 1. The Bertz CT molecular complexity index is 839. The van der Waals surface area contributed by atoms with Gasteiger partial charge in [-0.05, 0) is 50.5 Å². The fraction of sp³-hybridized carbons (Fsp3) is 0.368. The van der Waals surface area contributed by atoms with E-state index in [-0.39, 0.29) is 28.9 Å². The van der Waals surface area contributed by atoms with Gasteiger partial charge in [0.1, 0.15) is 11.4 Å². The molecule has 2 aromatic rings. The van der Waals surface area contributed by atoms with Crippen LogP contribution in [0.25, 0.3) is 0 Å². The van der Waals surface area contributed by atoms with Crippen LogP contribution in [0, 0.1) is 19.7 Å². The number of piperidine rings is 1. The molecule has 0 spiro atoms. The highest BCUT2D eigenvalue weighted by molar-refractivity contribution is 5.95. The van der Waals surface area contributed by atoms with E-state index in [0.29, 0.717) is 37.2 Å². The van der Waals surface area contributed by atoms with Gasteiger partial charge in [-0.2, -0.15) is 0 Å². The molecule has 1 saturated heterocycles. The van der Waals surface area contributed by atoms with E-state index >= 15 is 0 Å². The molecule has 6 heteroatoms. The number of benzene rings is 1. The quantitative estimate of drug-likeness (QED) is 0.901. The van der Waals surface area contributed by atoms with Crippen LogP contribution < -0.4 is 10.9 Å². The minimum atomic E-state index is -0.339. The Kier molecular flexibility index (Phi) is 4.88. The molecule has 0 aliphatic carbocycles. The van der Waals surface area contributed by atoms with Crippen molar-refractivity contribution in [2.75, 3.05) is 18.4 Å². The van der Waals surface area contributed by atoms with Crippen molar-refractivity contribution in [3.63, 3.8) is 0 Å². The Morgan fingerprint density at radius 2 is 1.92 bits per heavy atom. The second-order valence-corrected chi connectivity index (χ2v) is 6.53. The monoisotopic (exact) mass is 343 g/mol. The summed E-state index contributed by atoms with van der Waals surface area (Å²) in [5.74, 6) is -0.508. The van der Waals surface area contributed by atoms with Crippen molar-refractivity contribution in [3.8, 4) is 0 Å². The standard InChI is InChI=1S/C19H22FN3O2/c1-12-11-13(2)21-18(24)17(12)19(25)23-9-7-14(8-10-23)22-16-6-4-3-5-15(16)20/h3-6,11,14,22H,7-10H2,1-2H3,(H,21,24). The van der Waals surface area contributed by atoms with Crippen molar-refractivity contribution in [1.82, 2.24) is 9.88 Å². The molecule has 25 heavy (non-hydrogen) atoms. The number of nitrogens with zero attached hydrogens (tertiary/aromatic N) is 1. The number of nitrogens with one attached hydrogen (secondary N) is 2. The SMILES string of the molecule is Cc1cc(C)c(C(=O)N2CCC(Nc3ccccc3F)CC2)c(=O)[nH]1. The zero-order valence-electron chi connectivity index (χ0n) is 14.4. The number of anilines is 1. The second kappa shape index (κ2) is 7.09. The molecule has 0 saturated carbocycles. The summed E-state index contributed by atoms with van der Waals surface area (Å²) in [6.07, 6.45) is 1.42. The summed E-state index contributed by atoms with van der Waals surface area (Å²) >= 11 is 0. The molecule has 1 aromatic heterocycles. The third kappa shape index (κ3) is 3.73. The predicted octanol–water partition coefficient (Wildman–Crippen LogP) is 2.85. The first-order chi connectivity index (χ1) is 12.0. The largest absolute Gasteiger partial charge is 0.380 e. The van der Waals surface area contributed by atoms with Crippen LogP contribution in [0.15, 0.2) is 35.1 Å². The molecular weight excluding hydrogens is 321 g/mol. The zero-order chi connectivity index (χ0) is 18.0. The fourth-order valence-electron chi connectivity index (χ4n) is 3.30. The van der Waals surface area contributed by atoms with Gasteiger partial charge in [0.15, 0.2) is 0 Å². The lowest BCUT2D eigenvalue weighted by atomic mass is 10.0. The molecule has 2 heterocycles. The van der Waals surface area contributed by atoms with Gasteiger partial charge in [-0.3, -0.25) is 9.59 Å². The summed E-state index contributed by atoms with van der Waals surface area (Å²) in [7, 11) is 0. The van der Waals surface area contributed by atoms with Gasteiger partial charge in [-0.15, -0.1) is 0 Å². The van der Waals surface area contributed by atoms with Crippen molar-refractivity contribution in [2.24, 2.45) is 0 Å². The Morgan fingerprint density at radius 3 is 2.56 bits per heavy atom. The van der Waals surface area contributed by atoms with Crippen molar-refractivity contribution in [3.05, 3.63) is 63.3 Å². The Hall–Kier alpha value is -2.63. The number of pyridine rings is 1. The number of aromatic amines is 1. The minimum Gasteiger partial charge on any atom is -0.380 e. The van der Waals surface area contributed by atoms with Gasteiger partial charge in [0.25, 0.3) is 11.5 Å². The van der Waals surface area contributed by atoms with Crippen molar-refractivity contribution < 1.29 is 9.18 Å². The molecule has 1 amide bonds. The van der Waals surface area contributed by atoms with Crippen LogP contribution >= 0.6 is 0 Å². The van der Waals surface area contributed by atoms with Crippen LogP contribution in [0.3, 0.4) is 0 Å². The average molecular weight is 343 g/mol. The second-order valence-electron chi connectivity index (χ2n) is 6.53. The van der Waals surface area contributed by atoms with Crippen LogP contribution in [0.2, 0.25) is 0 Å². The number of likely N-dealkylation sites (tertiary alicyclic amines) is 1. The number of aromatic nitrogens is 1. The van der Waals surface area contributed by atoms with Gasteiger partial charge >= 0.3 is 0 Å². The van der Waals surface area contributed by atoms with E-state index in [9.17, 15) is 14.0 Å². The van der Waals surface area contributed by atoms with Crippen molar-refractivity contribution >= 4 is 11.6 Å². The summed E-state index contributed by atoms with van der Waals surface area (Å²) in [6.45, 7) is 4.65. The van der Waals surface area contributed by atoms with E-state index < -0.39 is 0 Å². The van der Waals surface area contributed by atoms with E-state index in [0.717, 1.165) is 5.69 Å². The van der Waals surface area contributed by atoms with Crippen LogP contribution in [0.4, 0.5) is 10.1 Å². The smallest absolute Gasteiger partial charge is 0.261 e. The number of hydrogen-bond acceptors (Lipinski definition) is 3. The number of aryl methyl sites for hydroxylation is 2. The molecule has 0 radical (unpaired) electrons. The highest BCUT2D eigenvalue weighted by Gasteiger charge is 2.26. The van der Waals surface area contributed by atoms with Gasteiger partial charge in [0.05, 0.1) is 5.69 Å². The summed E-state index contributed by atoms with van der Waals surface area (Å²) in [5.41, 5.74) is 1.79. The number of carbonyl (C=O) groups excluding carboxylic acids is 1.